The lowest BCUT2D eigenvalue weighted by atomic mass is 9.81. The minimum Gasteiger partial charge on any atom is -0.455 e. The number of rotatable bonds is 4. The normalized spacial score (nSPS) is 13.3. The molecule has 0 fully saturated rings. The van der Waals surface area contributed by atoms with Gasteiger partial charge in [-0.25, -0.2) is 0 Å². The maximum Gasteiger partial charge on any atom is 0.143 e. The fraction of sp³-hybridized carbons (Fsp3) is 0.0698. The van der Waals surface area contributed by atoms with Crippen LogP contribution in [0.25, 0.3) is 55.0 Å². The molecule has 1 aliphatic carbocycles. The van der Waals surface area contributed by atoms with Crippen molar-refractivity contribution in [3.63, 3.8) is 0 Å². The first-order valence-electron chi connectivity index (χ1n) is 15.6. The Balaban J connectivity index is 1.29. The second kappa shape index (κ2) is 9.70. The molecular weight excluding hydrogens is 546 g/mol. The van der Waals surface area contributed by atoms with E-state index in [9.17, 15) is 0 Å². The third kappa shape index (κ3) is 3.89. The van der Waals surface area contributed by atoms with Crippen LogP contribution in [0.2, 0.25) is 0 Å². The molecule has 0 saturated heterocycles. The van der Waals surface area contributed by atoms with E-state index in [0.717, 1.165) is 44.6 Å². The molecule has 0 bridgehead atoms. The molecule has 2 heteroatoms. The lowest BCUT2D eigenvalue weighted by Gasteiger charge is -2.25. The van der Waals surface area contributed by atoms with Crippen molar-refractivity contribution in [2.45, 2.75) is 19.3 Å². The van der Waals surface area contributed by atoms with Gasteiger partial charge in [-0.05, 0) is 93.2 Å². The number of anilines is 3. The van der Waals surface area contributed by atoms with Crippen molar-refractivity contribution < 1.29 is 4.42 Å². The summed E-state index contributed by atoms with van der Waals surface area (Å²) in [6.07, 6.45) is 0. The summed E-state index contributed by atoms with van der Waals surface area (Å²) in [6, 6.07) is 54.5. The van der Waals surface area contributed by atoms with Crippen LogP contribution in [0.1, 0.15) is 25.0 Å². The van der Waals surface area contributed by atoms with Crippen molar-refractivity contribution in [2.24, 2.45) is 0 Å². The van der Waals surface area contributed by atoms with Crippen molar-refractivity contribution >= 4 is 49.8 Å². The molecule has 0 unspecified atom stereocenters. The zero-order valence-electron chi connectivity index (χ0n) is 25.3. The van der Waals surface area contributed by atoms with Gasteiger partial charge in [-0.15, -0.1) is 0 Å². The van der Waals surface area contributed by atoms with Gasteiger partial charge in [0.15, 0.2) is 0 Å². The van der Waals surface area contributed by atoms with Crippen LogP contribution in [0.5, 0.6) is 0 Å². The Kier molecular flexibility index (Phi) is 5.58. The van der Waals surface area contributed by atoms with E-state index in [2.05, 4.69) is 170 Å². The predicted octanol–water partition coefficient (Wildman–Crippen LogP) is 12.2. The quantitative estimate of drug-likeness (QED) is 0.207. The van der Waals surface area contributed by atoms with Crippen LogP contribution in [0.3, 0.4) is 0 Å². The monoisotopic (exact) mass is 577 g/mol. The van der Waals surface area contributed by atoms with Gasteiger partial charge in [0.2, 0.25) is 0 Å². The van der Waals surface area contributed by atoms with Gasteiger partial charge < -0.3 is 9.32 Å². The minimum absolute atomic E-state index is 0.0766. The smallest absolute Gasteiger partial charge is 0.143 e. The molecule has 0 amide bonds. The van der Waals surface area contributed by atoms with E-state index in [1.54, 1.807) is 0 Å². The highest BCUT2D eigenvalue weighted by Gasteiger charge is 2.35. The van der Waals surface area contributed by atoms with Gasteiger partial charge in [0.25, 0.3) is 0 Å². The molecule has 1 aromatic heterocycles. The van der Waals surface area contributed by atoms with Crippen molar-refractivity contribution in [1.82, 2.24) is 0 Å². The lowest BCUT2D eigenvalue weighted by Crippen LogP contribution is -2.14. The third-order valence-corrected chi connectivity index (χ3v) is 9.63. The Labute approximate surface area is 262 Å². The van der Waals surface area contributed by atoms with E-state index in [1.807, 2.05) is 0 Å². The first kappa shape index (κ1) is 25.9. The van der Waals surface area contributed by atoms with E-state index in [1.165, 1.54) is 38.6 Å². The van der Waals surface area contributed by atoms with Gasteiger partial charge in [0.05, 0.1) is 0 Å². The van der Waals surface area contributed by atoms with Crippen molar-refractivity contribution in [1.29, 1.82) is 0 Å². The number of hydrogen-bond acceptors (Lipinski definition) is 2. The molecule has 9 rings (SSSR count). The van der Waals surface area contributed by atoms with Crippen LogP contribution in [0.4, 0.5) is 17.1 Å². The molecule has 7 aromatic carbocycles. The Hall–Kier alpha value is -5.60. The summed E-state index contributed by atoms with van der Waals surface area (Å²) in [5.41, 5.74) is 12.8. The van der Waals surface area contributed by atoms with Gasteiger partial charge in [-0.2, -0.15) is 0 Å². The van der Waals surface area contributed by atoms with E-state index < -0.39 is 0 Å². The highest BCUT2D eigenvalue weighted by molar-refractivity contribution is 6.19. The molecule has 1 aliphatic rings. The number of fused-ring (bicyclic) bond motifs is 7. The van der Waals surface area contributed by atoms with Gasteiger partial charge in [-0.1, -0.05) is 111 Å². The number of nitrogens with zero attached hydrogens (tertiary/aromatic N) is 1. The zero-order valence-corrected chi connectivity index (χ0v) is 25.3. The van der Waals surface area contributed by atoms with Crippen LogP contribution >= 0.6 is 0 Å². The summed E-state index contributed by atoms with van der Waals surface area (Å²) in [6.45, 7) is 4.68. The Morgan fingerprint density at radius 2 is 1.16 bits per heavy atom. The number of para-hydroxylation sites is 2. The first-order chi connectivity index (χ1) is 22.1. The molecule has 0 radical (unpaired) electrons. The SMILES string of the molecule is CC1(C)c2ccccc2-c2ccc(-c3c4ccccc4cc4c3oc3ccc(N(c5ccccc5)c5ccccc5)cc34)cc21. The Bertz CT molecular complexity index is 2360. The van der Waals surface area contributed by atoms with E-state index in [0.29, 0.717) is 0 Å². The standard InChI is InChI=1S/C43H31NO/c1-43(2)38-20-12-11-19-34(38)35-23-21-29(26-39(35)43)41-33-18-10-9-13-28(33)25-37-36-27-32(22-24-40(36)45-42(37)41)44(30-14-5-3-6-15-30)31-16-7-4-8-17-31/h3-27H,1-2H3. The molecule has 214 valence electrons. The van der Waals surface area contributed by atoms with Gasteiger partial charge in [0, 0.05) is 38.8 Å². The second-order valence-corrected chi connectivity index (χ2v) is 12.6. The Morgan fingerprint density at radius 1 is 0.489 bits per heavy atom. The summed E-state index contributed by atoms with van der Waals surface area (Å²) in [5.74, 6) is 0. The topological polar surface area (TPSA) is 16.4 Å². The van der Waals surface area contributed by atoms with Crippen LogP contribution < -0.4 is 4.90 Å². The maximum atomic E-state index is 6.81. The van der Waals surface area contributed by atoms with Crippen LogP contribution in [0, 0.1) is 0 Å². The molecule has 0 atom stereocenters. The third-order valence-electron chi connectivity index (χ3n) is 9.63. The van der Waals surface area contributed by atoms with Gasteiger partial charge >= 0.3 is 0 Å². The summed E-state index contributed by atoms with van der Waals surface area (Å²) in [5, 5.41) is 4.65. The summed E-state index contributed by atoms with van der Waals surface area (Å²) < 4.78 is 6.81. The molecule has 0 spiro atoms. The van der Waals surface area contributed by atoms with E-state index in [-0.39, 0.29) is 5.41 Å². The van der Waals surface area contributed by atoms with Crippen LogP contribution in [-0.4, -0.2) is 0 Å². The van der Waals surface area contributed by atoms with Gasteiger partial charge in [-0.3, -0.25) is 0 Å². The lowest BCUT2D eigenvalue weighted by molar-refractivity contribution is 0.660. The molecule has 1 heterocycles. The molecular formula is C43H31NO. The maximum absolute atomic E-state index is 6.81. The average molecular weight is 578 g/mol. The fourth-order valence-electron chi connectivity index (χ4n) is 7.45. The predicted molar refractivity (Wildman–Crippen MR) is 189 cm³/mol. The van der Waals surface area contributed by atoms with Crippen LogP contribution in [0.15, 0.2) is 156 Å². The molecule has 2 nitrogen and oxygen atoms in total. The van der Waals surface area contributed by atoms with E-state index >= 15 is 0 Å². The van der Waals surface area contributed by atoms with Crippen molar-refractivity contribution in [3.8, 4) is 22.3 Å². The zero-order chi connectivity index (χ0) is 30.1. The number of furan rings is 1. The largest absolute Gasteiger partial charge is 0.455 e. The summed E-state index contributed by atoms with van der Waals surface area (Å²) in [7, 11) is 0. The fourth-order valence-corrected chi connectivity index (χ4v) is 7.45. The van der Waals surface area contributed by atoms with Gasteiger partial charge in [0.1, 0.15) is 11.2 Å². The summed E-state index contributed by atoms with van der Waals surface area (Å²) >= 11 is 0. The van der Waals surface area contributed by atoms with Crippen LogP contribution in [-0.2, 0) is 5.41 Å². The molecule has 0 saturated carbocycles. The first-order valence-corrected chi connectivity index (χ1v) is 15.6. The van der Waals surface area contributed by atoms with E-state index in [4.69, 9.17) is 4.42 Å². The summed E-state index contributed by atoms with van der Waals surface area (Å²) in [4.78, 5) is 2.31. The number of benzene rings is 7. The molecule has 45 heavy (non-hydrogen) atoms. The Morgan fingerprint density at radius 3 is 1.93 bits per heavy atom. The minimum atomic E-state index is -0.0766. The highest BCUT2D eigenvalue weighted by atomic mass is 16.3. The molecule has 8 aromatic rings. The molecule has 0 aliphatic heterocycles. The van der Waals surface area contributed by atoms with Crippen molar-refractivity contribution in [2.75, 3.05) is 4.90 Å². The second-order valence-electron chi connectivity index (χ2n) is 12.6. The molecule has 0 N–H and O–H groups in total. The van der Waals surface area contributed by atoms with Crippen molar-refractivity contribution in [3.05, 3.63) is 163 Å². The highest BCUT2D eigenvalue weighted by Crippen LogP contribution is 2.51. The number of hydrogen-bond donors (Lipinski definition) is 0. The average Bonchev–Trinajstić information content (AvgIpc) is 3.56.